The minimum Gasteiger partial charge on any atom is -0.469 e. The highest BCUT2D eigenvalue weighted by Crippen LogP contribution is 2.24. The molecule has 6 nitrogen and oxygen atoms in total. The molecular weight excluding hydrogens is 294 g/mol. The van der Waals surface area contributed by atoms with E-state index in [1.807, 2.05) is 0 Å². The van der Waals surface area contributed by atoms with Gasteiger partial charge in [-0.2, -0.15) is 0 Å². The van der Waals surface area contributed by atoms with Crippen molar-refractivity contribution in [3.63, 3.8) is 0 Å². The molecule has 0 radical (unpaired) electrons. The summed E-state index contributed by atoms with van der Waals surface area (Å²) in [5.74, 6) is 0.976. The summed E-state index contributed by atoms with van der Waals surface area (Å²) in [6.45, 7) is 11.0. The van der Waals surface area contributed by atoms with Crippen molar-refractivity contribution in [1.82, 2.24) is 10.2 Å². The van der Waals surface area contributed by atoms with Gasteiger partial charge in [-0.25, -0.2) is 0 Å². The van der Waals surface area contributed by atoms with Crippen LogP contribution in [0.3, 0.4) is 0 Å². The van der Waals surface area contributed by atoms with Gasteiger partial charge in [0, 0.05) is 39.4 Å². The SMILES string of the molecule is CCCCOCCCN=C(NCC)N1CC(C)C(C(=O)OC)C1. The summed E-state index contributed by atoms with van der Waals surface area (Å²) in [4.78, 5) is 18.6. The van der Waals surface area contributed by atoms with Gasteiger partial charge in [-0.05, 0) is 25.7 Å². The molecule has 1 fully saturated rings. The Balaban J connectivity index is 2.44. The molecule has 1 aliphatic heterocycles. The smallest absolute Gasteiger partial charge is 0.310 e. The van der Waals surface area contributed by atoms with Crippen LogP contribution < -0.4 is 5.32 Å². The van der Waals surface area contributed by atoms with Gasteiger partial charge in [-0.1, -0.05) is 20.3 Å². The fourth-order valence-corrected chi connectivity index (χ4v) is 2.72. The molecule has 134 valence electrons. The topological polar surface area (TPSA) is 63.2 Å². The zero-order chi connectivity index (χ0) is 17.1. The number of aliphatic imine (C=N–C) groups is 1. The standard InChI is InChI=1S/C17H33N3O3/c1-5-7-10-23-11-8-9-19-17(18-6-2)20-12-14(3)15(13-20)16(21)22-4/h14-15H,5-13H2,1-4H3,(H,18,19). The van der Waals surface area contributed by atoms with Crippen molar-refractivity contribution < 1.29 is 14.3 Å². The molecule has 0 saturated carbocycles. The maximum Gasteiger partial charge on any atom is 0.310 e. The van der Waals surface area contributed by atoms with Gasteiger partial charge in [0.25, 0.3) is 0 Å². The Labute approximate surface area is 140 Å². The summed E-state index contributed by atoms with van der Waals surface area (Å²) in [5.41, 5.74) is 0. The molecule has 0 aromatic carbocycles. The first kappa shape index (κ1) is 19.7. The lowest BCUT2D eigenvalue weighted by Crippen LogP contribution is -2.40. The van der Waals surface area contributed by atoms with Crippen LogP contribution in [0.4, 0.5) is 0 Å². The Kier molecular flexibility index (Phi) is 9.67. The molecule has 2 atom stereocenters. The van der Waals surface area contributed by atoms with Crippen LogP contribution in [-0.2, 0) is 14.3 Å². The van der Waals surface area contributed by atoms with E-state index in [2.05, 4.69) is 36.0 Å². The van der Waals surface area contributed by atoms with Crippen LogP contribution in [0.25, 0.3) is 0 Å². The Morgan fingerprint density at radius 2 is 2.00 bits per heavy atom. The number of guanidine groups is 1. The van der Waals surface area contributed by atoms with Crippen LogP contribution in [0.2, 0.25) is 0 Å². The van der Waals surface area contributed by atoms with Gasteiger partial charge in [-0.3, -0.25) is 9.79 Å². The Morgan fingerprint density at radius 1 is 1.26 bits per heavy atom. The summed E-state index contributed by atoms with van der Waals surface area (Å²) in [6, 6.07) is 0. The second-order valence-corrected chi connectivity index (χ2v) is 6.07. The third-order valence-electron chi connectivity index (χ3n) is 4.10. The molecule has 23 heavy (non-hydrogen) atoms. The van der Waals surface area contributed by atoms with Crippen LogP contribution in [0.5, 0.6) is 0 Å². The number of carbonyl (C=O) groups excluding carboxylic acids is 1. The molecule has 1 aliphatic rings. The second-order valence-electron chi connectivity index (χ2n) is 6.07. The molecule has 0 bridgehead atoms. The summed E-state index contributed by atoms with van der Waals surface area (Å²) in [6.07, 6.45) is 3.20. The van der Waals surface area contributed by atoms with Crippen molar-refractivity contribution in [2.45, 2.75) is 40.0 Å². The van der Waals surface area contributed by atoms with E-state index in [1.54, 1.807) is 0 Å². The molecule has 6 heteroatoms. The minimum atomic E-state index is -0.125. The number of carbonyl (C=O) groups is 1. The van der Waals surface area contributed by atoms with E-state index < -0.39 is 0 Å². The van der Waals surface area contributed by atoms with Crippen molar-refractivity contribution in [2.75, 3.05) is 46.5 Å². The van der Waals surface area contributed by atoms with E-state index >= 15 is 0 Å². The Hall–Kier alpha value is -1.30. The molecule has 0 aromatic rings. The normalized spacial score (nSPS) is 21.6. The molecule has 0 amide bonds. The van der Waals surface area contributed by atoms with Gasteiger partial charge >= 0.3 is 5.97 Å². The molecule has 1 rings (SSSR count). The lowest BCUT2D eigenvalue weighted by Gasteiger charge is -2.21. The fraction of sp³-hybridized carbons (Fsp3) is 0.882. The average Bonchev–Trinajstić information content (AvgIpc) is 2.94. The monoisotopic (exact) mass is 327 g/mol. The van der Waals surface area contributed by atoms with Gasteiger partial charge < -0.3 is 19.7 Å². The maximum absolute atomic E-state index is 11.8. The number of likely N-dealkylation sites (tertiary alicyclic amines) is 1. The van der Waals surface area contributed by atoms with E-state index in [-0.39, 0.29) is 17.8 Å². The largest absolute Gasteiger partial charge is 0.469 e. The van der Waals surface area contributed by atoms with E-state index in [4.69, 9.17) is 9.47 Å². The van der Waals surface area contributed by atoms with Crippen LogP contribution in [0, 0.1) is 11.8 Å². The zero-order valence-corrected chi connectivity index (χ0v) is 15.1. The number of rotatable bonds is 9. The predicted molar refractivity (Wildman–Crippen MR) is 92.6 cm³/mol. The van der Waals surface area contributed by atoms with Crippen molar-refractivity contribution in [2.24, 2.45) is 16.8 Å². The lowest BCUT2D eigenvalue weighted by atomic mass is 9.99. The van der Waals surface area contributed by atoms with Crippen LogP contribution in [0.15, 0.2) is 4.99 Å². The third-order valence-corrected chi connectivity index (χ3v) is 4.10. The third kappa shape index (κ3) is 6.77. The highest BCUT2D eigenvalue weighted by molar-refractivity contribution is 5.82. The number of esters is 1. The summed E-state index contributed by atoms with van der Waals surface area (Å²) in [5, 5.41) is 3.32. The molecule has 0 aliphatic carbocycles. The van der Waals surface area contributed by atoms with E-state index in [0.29, 0.717) is 6.54 Å². The van der Waals surface area contributed by atoms with Gasteiger partial charge in [-0.15, -0.1) is 0 Å². The lowest BCUT2D eigenvalue weighted by molar-refractivity contribution is -0.145. The van der Waals surface area contributed by atoms with Crippen molar-refractivity contribution in [3.8, 4) is 0 Å². The second kappa shape index (κ2) is 11.3. The Bertz CT molecular complexity index is 374. The van der Waals surface area contributed by atoms with E-state index in [9.17, 15) is 4.79 Å². The number of nitrogens with zero attached hydrogens (tertiary/aromatic N) is 2. The number of unbranched alkanes of at least 4 members (excludes halogenated alkanes) is 1. The van der Waals surface area contributed by atoms with Crippen molar-refractivity contribution in [3.05, 3.63) is 0 Å². The van der Waals surface area contributed by atoms with E-state index in [0.717, 1.165) is 58.1 Å². The minimum absolute atomic E-state index is 0.0683. The first-order valence-electron chi connectivity index (χ1n) is 8.82. The maximum atomic E-state index is 11.8. The van der Waals surface area contributed by atoms with Crippen LogP contribution >= 0.6 is 0 Å². The van der Waals surface area contributed by atoms with Crippen molar-refractivity contribution in [1.29, 1.82) is 0 Å². The molecule has 0 aromatic heterocycles. The summed E-state index contributed by atoms with van der Waals surface area (Å²) < 4.78 is 10.5. The van der Waals surface area contributed by atoms with Crippen LogP contribution in [0.1, 0.15) is 40.0 Å². The average molecular weight is 327 g/mol. The summed E-state index contributed by atoms with van der Waals surface area (Å²) in [7, 11) is 1.45. The first-order valence-corrected chi connectivity index (χ1v) is 8.82. The highest BCUT2D eigenvalue weighted by Gasteiger charge is 2.36. The number of ether oxygens (including phenoxy) is 2. The molecule has 1 saturated heterocycles. The van der Waals surface area contributed by atoms with E-state index in [1.165, 1.54) is 7.11 Å². The molecular formula is C17H33N3O3. The number of methoxy groups -OCH3 is 1. The number of nitrogens with one attached hydrogen (secondary N) is 1. The van der Waals surface area contributed by atoms with Gasteiger partial charge in [0.2, 0.25) is 0 Å². The molecule has 1 N–H and O–H groups in total. The fourth-order valence-electron chi connectivity index (χ4n) is 2.72. The quantitative estimate of drug-likeness (QED) is 0.303. The first-order chi connectivity index (χ1) is 11.1. The van der Waals surface area contributed by atoms with Gasteiger partial charge in [0.15, 0.2) is 5.96 Å². The van der Waals surface area contributed by atoms with Crippen molar-refractivity contribution >= 4 is 11.9 Å². The molecule has 0 spiro atoms. The molecule has 1 heterocycles. The molecule has 2 unspecified atom stereocenters. The Morgan fingerprint density at radius 3 is 2.65 bits per heavy atom. The highest BCUT2D eigenvalue weighted by atomic mass is 16.5. The van der Waals surface area contributed by atoms with Crippen LogP contribution in [-0.4, -0.2) is 63.3 Å². The zero-order valence-electron chi connectivity index (χ0n) is 15.1. The predicted octanol–water partition coefficient (Wildman–Crippen LogP) is 1.90. The number of hydrogen-bond acceptors (Lipinski definition) is 4. The van der Waals surface area contributed by atoms with Gasteiger partial charge in [0.1, 0.15) is 0 Å². The summed E-state index contributed by atoms with van der Waals surface area (Å²) >= 11 is 0. The van der Waals surface area contributed by atoms with Gasteiger partial charge in [0.05, 0.1) is 13.0 Å². The number of hydrogen-bond donors (Lipinski definition) is 1.